The Labute approximate surface area is 121 Å². The number of anilines is 2. The zero-order chi connectivity index (χ0) is 14.5. The molecule has 1 aromatic carbocycles. The number of nitrogens with zero attached hydrogens (tertiary/aromatic N) is 1. The summed E-state index contributed by atoms with van der Waals surface area (Å²) in [4.78, 5) is 25.2. The molecule has 0 atom stereocenters. The normalized spacial score (nSPS) is 10.1. The molecule has 0 bridgehead atoms. The molecule has 104 valence electrons. The average Bonchev–Trinajstić information content (AvgIpc) is 2.93. The van der Waals surface area contributed by atoms with Crippen molar-refractivity contribution in [2.24, 2.45) is 0 Å². The highest BCUT2D eigenvalue weighted by Gasteiger charge is 2.16. The number of hydrogen-bond donors (Lipinski definition) is 0. The van der Waals surface area contributed by atoms with Gasteiger partial charge >= 0.3 is 5.97 Å². The van der Waals surface area contributed by atoms with Gasteiger partial charge in [0.1, 0.15) is 5.00 Å². The van der Waals surface area contributed by atoms with Crippen LogP contribution in [0.15, 0.2) is 41.8 Å². The quantitative estimate of drug-likeness (QED) is 0.808. The maximum Gasteiger partial charge on any atom is 0.338 e. The van der Waals surface area contributed by atoms with Crippen molar-refractivity contribution in [2.75, 3.05) is 11.5 Å². The maximum atomic E-state index is 11.9. The van der Waals surface area contributed by atoms with Crippen LogP contribution in [0.4, 0.5) is 10.7 Å². The van der Waals surface area contributed by atoms with E-state index in [4.69, 9.17) is 4.74 Å². The minimum Gasteiger partial charge on any atom is -0.462 e. The highest BCUT2D eigenvalue weighted by Crippen LogP contribution is 2.30. The predicted molar refractivity (Wildman–Crippen MR) is 79.5 cm³/mol. The summed E-state index contributed by atoms with van der Waals surface area (Å²) in [5, 5.41) is 2.72. The lowest BCUT2D eigenvalue weighted by Gasteiger charge is -2.19. The Morgan fingerprint density at radius 1 is 1.25 bits per heavy atom. The molecule has 0 aliphatic carbocycles. The topological polar surface area (TPSA) is 46.6 Å². The van der Waals surface area contributed by atoms with Gasteiger partial charge in [-0.05, 0) is 42.6 Å². The second kappa shape index (κ2) is 6.34. The monoisotopic (exact) mass is 289 g/mol. The molecule has 0 aliphatic rings. The van der Waals surface area contributed by atoms with Gasteiger partial charge in [-0.1, -0.05) is 6.07 Å². The highest BCUT2D eigenvalue weighted by atomic mass is 32.1. The fourth-order valence-electron chi connectivity index (χ4n) is 1.85. The molecule has 2 aromatic rings. The van der Waals surface area contributed by atoms with E-state index in [1.54, 1.807) is 36.1 Å². The van der Waals surface area contributed by atoms with E-state index in [0.29, 0.717) is 17.9 Å². The van der Waals surface area contributed by atoms with Crippen molar-refractivity contribution in [2.45, 2.75) is 13.8 Å². The Morgan fingerprint density at radius 2 is 2.05 bits per heavy atom. The molecule has 0 fully saturated rings. The van der Waals surface area contributed by atoms with Crippen molar-refractivity contribution in [3.8, 4) is 0 Å². The number of carbonyl (C=O) groups excluding carboxylic acids is 2. The van der Waals surface area contributed by atoms with Crippen LogP contribution in [0.3, 0.4) is 0 Å². The second-order valence-corrected chi connectivity index (χ2v) is 5.00. The third-order valence-corrected chi connectivity index (χ3v) is 3.51. The van der Waals surface area contributed by atoms with E-state index in [-0.39, 0.29) is 11.9 Å². The van der Waals surface area contributed by atoms with Gasteiger partial charge in [0.15, 0.2) is 0 Å². The first-order valence-corrected chi connectivity index (χ1v) is 7.13. The number of amides is 1. The van der Waals surface area contributed by atoms with Crippen LogP contribution in [0, 0.1) is 0 Å². The summed E-state index contributed by atoms with van der Waals surface area (Å²) in [5.74, 6) is -0.488. The Bertz CT molecular complexity index is 607. The summed E-state index contributed by atoms with van der Waals surface area (Å²) < 4.78 is 4.97. The van der Waals surface area contributed by atoms with Gasteiger partial charge in [-0.25, -0.2) is 4.79 Å². The lowest BCUT2D eigenvalue weighted by Crippen LogP contribution is -2.22. The number of carbonyl (C=O) groups is 2. The number of thiophene rings is 1. The number of benzene rings is 1. The van der Waals surface area contributed by atoms with Crippen molar-refractivity contribution in [3.63, 3.8) is 0 Å². The molecule has 1 heterocycles. The van der Waals surface area contributed by atoms with E-state index < -0.39 is 0 Å². The SMILES string of the molecule is CCOC(=O)c1cccc(N(C(C)=O)c2cccs2)c1. The average molecular weight is 289 g/mol. The van der Waals surface area contributed by atoms with Crippen molar-refractivity contribution in [1.29, 1.82) is 0 Å². The molecule has 20 heavy (non-hydrogen) atoms. The largest absolute Gasteiger partial charge is 0.462 e. The van der Waals surface area contributed by atoms with E-state index in [2.05, 4.69) is 0 Å². The number of rotatable bonds is 4. The first-order valence-electron chi connectivity index (χ1n) is 6.25. The Morgan fingerprint density at radius 3 is 2.65 bits per heavy atom. The summed E-state index contributed by atoms with van der Waals surface area (Å²) in [5.41, 5.74) is 1.10. The van der Waals surface area contributed by atoms with Gasteiger partial charge in [0.25, 0.3) is 0 Å². The van der Waals surface area contributed by atoms with Gasteiger partial charge in [0, 0.05) is 6.92 Å². The molecule has 0 unspecified atom stereocenters. The van der Waals surface area contributed by atoms with E-state index in [1.807, 2.05) is 17.5 Å². The third kappa shape index (κ3) is 3.05. The molecule has 5 heteroatoms. The number of hydrogen-bond acceptors (Lipinski definition) is 4. The standard InChI is InChI=1S/C15H15NO3S/c1-3-19-15(18)12-6-4-7-13(10-12)16(11(2)17)14-8-5-9-20-14/h4-10H,3H2,1-2H3. The summed E-state index contributed by atoms with van der Waals surface area (Å²) in [6, 6.07) is 10.6. The van der Waals surface area contributed by atoms with Crippen molar-refractivity contribution < 1.29 is 14.3 Å². The maximum absolute atomic E-state index is 11.9. The Balaban J connectivity index is 2.38. The van der Waals surface area contributed by atoms with Crippen LogP contribution >= 0.6 is 11.3 Å². The van der Waals surface area contributed by atoms with Crippen molar-refractivity contribution in [1.82, 2.24) is 0 Å². The van der Waals surface area contributed by atoms with Crippen molar-refractivity contribution >= 4 is 33.9 Å². The van der Waals surface area contributed by atoms with E-state index in [1.165, 1.54) is 18.3 Å². The fraction of sp³-hybridized carbons (Fsp3) is 0.200. The van der Waals surface area contributed by atoms with Gasteiger partial charge in [0.2, 0.25) is 5.91 Å². The van der Waals surface area contributed by atoms with Gasteiger partial charge in [-0.15, -0.1) is 11.3 Å². The minimum atomic E-state index is -0.385. The molecule has 2 rings (SSSR count). The number of ether oxygens (including phenoxy) is 1. The molecule has 1 amide bonds. The molecule has 4 nitrogen and oxygen atoms in total. The third-order valence-electron chi connectivity index (χ3n) is 2.66. The Hall–Kier alpha value is -2.14. The molecule has 0 spiro atoms. The van der Waals surface area contributed by atoms with Crippen LogP contribution in [0.2, 0.25) is 0 Å². The van der Waals surface area contributed by atoms with Crippen LogP contribution in [0.1, 0.15) is 24.2 Å². The molecule has 0 saturated carbocycles. The molecule has 0 radical (unpaired) electrons. The Kier molecular flexibility index (Phi) is 4.53. The summed E-state index contributed by atoms with van der Waals surface area (Å²) in [7, 11) is 0. The zero-order valence-corrected chi connectivity index (χ0v) is 12.1. The fourth-order valence-corrected chi connectivity index (χ4v) is 2.64. The summed E-state index contributed by atoms with van der Waals surface area (Å²) >= 11 is 1.47. The number of esters is 1. The van der Waals surface area contributed by atoms with Crippen LogP contribution < -0.4 is 4.90 Å². The zero-order valence-electron chi connectivity index (χ0n) is 11.3. The molecule has 1 aromatic heterocycles. The molecular formula is C15H15NO3S. The first kappa shape index (κ1) is 14.3. The lowest BCUT2D eigenvalue weighted by atomic mass is 10.2. The van der Waals surface area contributed by atoms with E-state index >= 15 is 0 Å². The molecule has 0 aliphatic heterocycles. The molecular weight excluding hydrogens is 274 g/mol. The van der Waals surface area contributed by atoms with Crippen LogP contribution in [0.25, 0.3) is 0 Å². The summed E-state index contributed by atoms with van der Waals surface area (Å²) in [6.45, 7) is 3.58. The lowest BCUT2D eigenvalue weighted by molar-refractivity contribution is -0.115. The second-order valence-electron chi connectivity index (χ2n) is 4.08. The predicted octanol–water partition coefficient (Wildman–Crippen LogP) is 3.61. The van der Waals surface area contributed by atoms with E-state index in [0.717, 1.165) is 5.00 Å². The van der Waals surface area contributed by atoms with Crippen LogP contribution in [-0.2, 0) is 9.53 Å². The molecule has 0 N–H and O–H groups in total. The van der Waals surface area contributed by atoms with Crippen LogP contribution in [0.5, 0.6) is 0 Å². The van der Waals surface area contributed by atoms with Gasteiger partial charge < -0.3 is 4.74 Å². The smallest absolute Gasteiger partial charge is 0.338 e. The molecule has 0 saturated heterocycles. The highest BCUT2D eigenvalue weighted by molar-refractivity contribution is 7.14. The van der Waals surface area contributed by atoms with Gasteiger partial charge in [0.05, 0.1) is 17.9 Å². The van der Waals surface area contributed by atoms with E-state index in [9.17, 15) is 9.59 Å². The minimum absolute atomic E-state index is 0.103. The summed E-state index contributed by atoms with van der Waals surface area (Å²) in [6.07, 6.45) is 0. The van der Waals surface area contributed by atoms with Crippen LogP contribution in [-0.4, -0.2) is 18.5 Å². The first-order chi connectivity index (χ1) is 9.63. The van der Waals surface area contributed by atoms with Crippen molar-refractivity contribution in [3.05, 3.63) is 47.3 Å². The van der Waals surface area contributed by atoms with Gasteiger partial charge in [-0.2, -0.15) is 0 Å². The van der Waals surface area contributed by atoms with Gasteiger partial charge in [-0.3, -0.25) is 9.69 Å².